The van der Waals surface area contributed by atoms with Crippen molar-refractivity contribution in [3.05, 3.63) is 89.7 Å². The van der Waals surface area contributed by atoms with Crippen molar-refractivity contribution in [3.63, 3.8) is 0 Å². The third kappa shape index (κ3) is 3.90. The highest BCUT2D eigenvalue weighted by Gasteiger charge is 2.29. The molecule has 0 unspecified atom stereocenters. The lowest BCUT2D eigenvalue weighted by Crippen LogP contribution is -2.30. The molecule has 1 aliphatic heterocycles. The molecule has 3 nitrogen and oxygen atoms in total. The highest BCUT2D eigenvalue weighted by molar-refractivity contribution is 7.99. The largest absolute Gasteiger partial charge is 0.497 e. The van der Waals surface area contributed by atoms with Crippen molar-refractivity contribution in [1.29, 1.82) is 0 Å². The van der Waals surface area contributed by atoms with Gasteiger partial charge in [-0.1, -0.05) is 36.4 Å². The van der Waals surface area contributed by atoms with E-state index in [4.69, 9.17) is 4.74 Å². The van der Waals surface area contributed by atoms with E-state index in [1.54, 1.807) is 29.8 Å². The van der Waals surface area contributed by atoms with Crippen LogP contribution in [0.4, 0.5) is 10.1 Å². The van der Waals surface area contributed by atoms with Gasteiger partial charge in [-0.25, -0.2) is 4.39 Å². The van der Waals surface area contributed by atoms with E-state index in [0.717, 1.165) is 27.5 Å². The highest BCUT2D eigenvalue weighted by Crippen LogP contribution is 2.46. The predicted octanol–water partition coefficient (Wildman–Crippen LogP) is 5.60. The molecule has 0 radical (unpaired) electrons. The number of methoxy groups -OCH3 is 1. The van der Waals surface area contributed by atoms with Gasteiger partial charge < -0.3 is 9.64 Å². The first-order valence-electron chi connectivity index (χ1n) is 9.08. The molecule has 1 atom stereocenters. The van der Waals surface area contributed by atoms with E-state index in [9.17, 15) is 9.18 Å². The molecule has 0 saturated carbocycles. The number of ether oxygens (including phenoxy) is 1. The minimum Gasteiger partial charge on any atom is -0.497 e. The molecule has 0 saturated heterocycles. The van der Waals surface area contributed by atoms with Crippen LogP contribution in [0.1, 0.15) is 22.8 Å². The minimum atomic E-state index is -0.293. The van der Waals surface area contributed by atoms with Gasteiger partial charge in [-0.15, -0.1) is 11.8 Å². The minimum absolute atomic E-state index is 0.0112. The molecule has 0 aliphatic carbocycles. The number of carbonyl (C=O) groups excluding carboxylic acids is 1. The van der Waals surface area contributed by atoms with Crippen molar-refractivity contribution < 1.29 is 13.9 Å². The number of carbonyl (C=O) groups is 1. The lowest BCUT2D eigenvalue weighted by molar-refractivity contribution is -0.118. The molecule has 4 rings (SSSR count). The summed E-state index contributed by atoms with van der Waals surface area (Å²) in [6, 6.07) is 22.2. The first-order valence-corrected chi connectivity index (χ1v) is 9.96. The number of para-hydroxylation sites is 1. The van der Waals surface area contributed by atoms with Crippen molar-refractivity contribution in [2.75, 3.05) is 12.0 Å². The SMILES string of the molecule is COc1ccc([C@@H]2CC(=O)N(Cc3cccc(F)c3)c3ccccc3S2)cc1. The Kier molecular flexibility index (Phi) is 5.35. The van der Waals surface area contributed by atoms with Crippen LogP contribution < -0.4 is 9.64 Å². The summed E-state index contributed by atoms with van der Waals surface area (Å²) < 4.78 is 18.9. The summed E-state index contributed by atoms with van der Waals surface area (Å²) in [7, 11) is 1.64. The number of fused-ring (bicyclic) bond motifs is 1. The van der Waals surface area contributed by atoms with Crippen LogP contribution >= 0.6 is 11.8 Å². The molecule has 5 heteroatoms. The number of rotatable bonds is 4. The molecule has 3 aromatic rings. The Bertz CT molecular complexity index is 990. The van der Waals surface area contributed by atoms with E-state index in [-0.39, 0.29) is 17.0 Å². The van der Waals surface area contributed by atoms with E-state index in [1.807, 2.05) is 54.6 Å². The zero-order valence-electron chi connectivity index (χ0n) is 15.5. The number of benzene rings is 3. The zero-order valence-corrected chi connectivity index (χ0v) is 16.3. The van der Waals surface area contributed by atoms with Gasteiger partial charge in [0.15, 0.2) is 0 Å². The Balaban J connectivity index is 1.67. The second kappa shape index (κ2) is 8.07. The van der Waals surface area contributed by atoms with E-state index < -0.39 is 0 Å². The normalized spacial score (nSPS) is 16.4. The second-order valence-electron chi connectivity index (χ2n) is 6.66. The van der Waals surface area contributed by atoms with Crippen molar-refractivity contribution in [2.24, 2.45) is 0 Å². The van der Waals surface area contributed by atoms with Gasteiger partial charge >= 0.3 is 0 Å². The van der Waals surface area contributed by atoms with Gasteiger partial charge in [-0.2, -0.15) is 0 Å². The van der Waals surface area contributed by atoms with Crippen LogP contribution in [0.5, 0.6) is 5.75 Å². The molecule has 0 bridgehead atoms. The Labute approximate surface area is 168 Å². The van der Waals surface area contributed by atoms with Crippen molar-refractivity contribution >= 4 is 23.4 Å². The molecule has 3 aromatic carbocycles. The van der Waals surface area contributed by atoms with Crippen LogP contribution in [-0.4, -0.2) is 13.0 Å². The molecule has 0 spiro atoms. The van der Waals surface area contributed by atoms with Crippen molar-refractivity contribution in [2.45, 2.75) is 23.1 Å². The summed E-state index contributed by atoms with van der Waals surface area (Å²) in [6.07, 6.45) is 0.376. The highest BCUT2D eigenvalue weighted by atomic mass is 32.2. The van der Waals surface area contributed by atoms with Gasteiger partial charge in [0, 0.05) is 16.6 Å². The van der Waals surface area contributed by atoms with Gasteiger partial charge in [0.1, 0.15) is 11.6 Å². The Hall–Kier alpha value is -2.79. The molecule has 28 heavy (non-hydrogen) atoms. The van der Waals surface area contributed by atoms with Gasteiger partial charge in [-0.05, 0) is 47.5 Å². The summed E-state index contributed by atoms with van der Waals surface area (Å²) in [5, 5.41) is 0.0112. The summed E-state index contributed by atoms with van der Waals surface area (Å²) in [4.78, 5) is 16.0. The smallest absolute Gasteiger partial charge is 0.228 e. The number of hydrogen-bond acceptors (Lipinski definition) is 3. The molecule has 1 heterocycles. The third-order valence-corrected chi connectivity index (χ3v) is 6.13. The standard InChI is InChI=1S/C23H20FNO2S/c1-27-19-11-9-17(10-12-19)22-14-23(26)25(15-16-5-4-6-18(24)13-16)20-7-2-3-8-21(20)28-22/h2-13,22H,14-15H2,1H3/t22-/m0/s1. The monoisotopic (exact) mass is 393 g/mol. The van der Waals surface area contributed by atoms with E-state index in [0.29, 0.717) is 13.0 Å². The zero-order chi connectivity index (χ0) is 19.5. The molecule has 0 aromatic heterocycles. The molecule has 0 N–H and O–H groups in total. The van der Waals surface area contributed by atoms with Crippen LogP contribution in [0.2, 0.25) is 0 Å². The molecule has 1 amide bonds. The van der Waals surface area contributed by atoms with Gasteiger partial charge in [0.25, 0.3) is 0 Å². The Morgan fingerprint density at radius 1 is 1.07 bits per heavy atom. The Morgan fingerprint density at radius 3 is 2.61 bits per heavy atom. The topological polar surface area (TPSA) is 29.5 Å². The van der Waals surface area contributed by atoms with Gasteiger partial charge in [-0.3, -0.25) is 4.79 Å². The van der Waals surface area contributed by atoms with Crippen molar-refractivity contribution in [1.82, 2.24) is 0 Å². The summed E-state index contributed by atoms with van der Waals surface area (Å²) in [6.45, 7) is 0.351. The first kappa shape index (κ1) is 18.6. The van der Waals surface area contributed by atoms with Crippen molar-refractivity contribution in [3.8, 4) is 5.75 Å². The third-order valence-electron chi connectivity index (χ3n) is 4.80. The van der Waals surface area contributed by atoms with Crippen LogP contribution in [-0.2, 0) is 11.3 Å². The van der Waals surface area contributed by atoms with Crippen LogP contribution in [0.15, 0.2) is 77.7 Å². The Morgan fingerprint density at radius 2 is 1.86 bits per heavy atom. The predicted molar refractivity (Wildman–Crippen MR) is 110 cm³/mol. The van der Waals surface area contributed by atoms with Crippen LogP contribution in [0.3, 0.4) is 0 Å². The van der Waals surface area contributed by atoms with E-state index >= 15 is 0 Å². The van der Waals surface area contributed by atoms with E-state index in [1.165, 1.54) is 12.1 Å². The first-order chi connectivity index (χ1) is 13.6. The molecule has 0 fully saturated rings. The fourth-order valence-electron chi connectivity index (χ4n) is 3.37. The summed E-state index contributed by atoms with van der Waals surface area (Å²) >= 11 is 1.69. The number of halogens is 1. The average molecular weight is 393 g/mol. The maximum atomic E-state index is 13.6. The number of hydrogen-bond donors (Lipinski definition) is 0. The maximum absolute atomic E-state index is 13.6. The molecular weight excluding hydrogens is 373 g/mol. The molecule has 1 aliphatic rings. The number of anilines is 1. The number of nitrogens with zero attached hydrogens (tertiary/aromatic N) is 1. The van der Waals surface area contributed by atoms with Crippen LogP contribution in [0.25, 0.3) is 0 Å². The summed E-state index contributed by atoms with van der Waals surface area (Å²) in [5.41, 5.74) is 2.73. The number of thioether (sulfide) groups is 1. The number of amides is 1. The second-order valence-corrected chi connectivity index (χ2v) is 7.91. The van der Waals surface area contributed by atoms with Gasteiger partial charge in [0.05, 0.1) is 19.3 Å². The average Bonchev–Trinajstić information content (AvgIpc) is 2.85. The van der Waals surface area contributed by atoms with Gasteiger partial charge in [0.2, 0.25) is 5.91 Å². The van der Waals surface area contributed by atoms with Crippen LogP contribution in [0, 0.1) is 5.82 Å². The quantitative estimate of drug-likeness (QED) is 0.577. The van der Waals surface area contributed by atoms with E-state index in [2.05, 4.69) is 0 Å². The summed E-state index contributed by atoms with van der Waals surface area (Å²) in [5.74, 6) is 0.530. The molecule has 142 valence electrons. The lowest BCUT2D eigenvalue weighted by atomic mass is 10.1. The fourth-order valence-corrected chi connectivity index (χ4v) is 4.66. The molecular formula is C23H20FNO2S. The lowest BCUT2D eigenvalue weighted by Gasteiger charge is -2.23. The fraction of sp³-hybridized carbons (Fsp3) is 0.174. The maximum Gasteiger partial charge on any atom is 0.228 e.